The van der Waals surface area contributed by atoms with Gasteiger partial charge in [0, 0.05) is 9.90 Å². The van der Waals surface area contributed by atoms with Crippen LogP contribution in [0.4, 0.5) is 5.69 Å². The van der Waals surface area contributed by atoms with Gasteiger partial charge in [-0.3, -0.25) is 9.69 Å². The standard InChI is InChI=1S/C14H8ClNOS3/c15-9-3-1-4-10(7-9)16-13(17)12(20-14(16)18)8-11-5-2-6-19-11/h1-8H. The Hall–Kier alpha value is -1.14. The fourth-order valence-electron chi connectivity index (χ4n) is 1.81. The Morgan fingerprint density at radius 2 is 2.10 bits per heavy atom. The van der Waals surface area contributed by atoms with E-state index in [9.17, 15) is 4.79 Å². The molecule has 0 bridgehead atoms. The predicted octanol–water partition coefficient (Wildman–Crippen LogP) is 4.81. The highest BCUT2D eigenvalue weighted by molar-refractivity contribution is 8.27. The van der Waals surface area contributed by atoms with Gasteiger partial charge in [-0.1, -0.05) is 47.7 Å². The second-order valence-corrected chi connectivity index (χ2v) is 7.10. The van der Waals surface area contributed by atoms with Gasteiger partial charge >= 0.3 is 0 Å². The van der Waals surface area contributed by atoms with Crippen LogP contribution >= 0.6 is 46.9 Å². The first-order chi connectivity index (χ1) is 9.65. The smallest absolute Gasteiger partial charge is 0.268 e. The Labute approximate surface area is 135 Å². The summed E-state index contributed by atoms with van der Waals surface area (Å²) in [4.78, 5) is 15.7. The maximum absolute atomic E-state index is 12.5. The minimum Gasteiger partial charge on any atom is -0.268 e. The summed E-state index contributed by atoms with van der Waals surface area (Å²) in [7, 11) is 0. The molecule has 100 valence electrons. The topological polar surface area (TPSA) is 20.3 Å². The summed E-state index contributed by atoms with van der Waals surface area (Å²) in [6.45, 7) is 0. The average molecular weight is 338 g/mol. The molecule has 0 spiro atoms. The number of amides is 1. The second-order valence-electron chi connectivity index (χ2n) is 4.01. The number of halogens is 1. The van der Waals surface area contributed by atoms with Gasteiger partial charge < -0.3 is 0 Å². The molecule has 1 aliphatic heterocycles. The molecule has 0 aliphatic carbocycles. The van der Waals surface area contributed by atoms with Crippen LogP contribution in [0.15, 0.2) is 46.7 Å². The molecule has 20 heavy (non-hydrogen) atoms. The summed E-state index contributed by atoms with van der Waals surface area (Å²) in [5.41, 5.74) is 0.703. The van der Waals surface area contributed by atoms with Gasteiger partial charge in [0.25, 0.3) is 5.91 Å². The van der Waals surface area contributed by atoms with Crippen molar-refractivity contribution >= 4 is 68.9 Å². The predicted molar refractivity (Wildman–Crippen MR) is 91.4 cm³/mol. The average Bonchev–Trinajstić information content (AvgIpc) is 2.99. The maximum Gasteiger partial charge on any atom is 0.270 e. The zero-order valence-corrected chi connectivity index (χ0v) is 13.3. The molecule has 3 rings (SSSR count). The maximum atomic E-state index is 12.5. The number of carbonyl (C=O) groups excluding carboxylic acids is 1. The fourth-order valence-corrected chi connectivity index (χ4v) is 4.01. The SMILES string of the molecule is O=C1C(=Cc2cccs2)SC(=S)N1c1cccc(Cl)c1. The van der Waals surface area contributed by atoms with Crippen LogP contribution in [0.3, 0.4) is 0 Å². The Balaban J connectivity index is 1.95. The van der Waals surface area contributed by atoms with Crippen LogP contribution in [0.5, 0.6) is 0 Å². The molecule has 1 saturated heterocycles. The summed E-state index contributed by atoms with van der Waals surface area (Å²) >= 11 is 14.2. The monoisotopic (exact) mass is 337 g/mol. The second kappa shape index (κ2) is 5.69. The number of nitrogens with zero attached hydrogens (tertiary/aromatic N) is 1. The van der Waals surface area contributed by atoms with E-state index in [-0.39, 0.29) is 5.91 Å². The van der Waals surface area contributed by atoms with E-state index in [1.54, 1.807) is 29.5 Å². The molecule has 1 aromatic carbocycles. The normalized spacial score (nSPS) is 17.2. The molecule has 0 saturated carbocycles. The van der Waals surface area contributed by atoms with Crippen molar-refractivity contribution in [2.75, 3.05) is 4.90 Å². The highest BCUT2D eigenvalue weighted by Gasteiger charge is 2.33. The number of benzene rings is 1. The van der Waals surface area contributed by atoms with Crippen LogP contribution in [0, 0.1) is 0 Å². The van der Waals surface area contributed by atoms with E-state index in [2.05, 4.69) is 0 Å². The van der Waals surface area contributed by atoms with E-state index in [0.29, 0.717) is 19.9 Å². The van der Waals surface area contributed by atoms with Gasteiger partial charge in [-0.2, -0.15) is 0 Å². The molecule has 2 heterocycles. The number of anilines is 1. The summed E-state index contributed by atoms with van der Waals surface area (Å²) in [5, 5.41) is 2.56. The third-order valence-electron chi connectivity index (χ3n) is 2.68. The number of hydrogen-bond acceptors (Lipinski definition) is 4. The molecule has 1 amide bonds. The molecule has 1 fully saturated rings. The zero-order valence-electron chi connectivity index (χ0n) is 10.1. The van der Waals surface area contributed by atoms with Gasteiger partial charge in [0.1, 0.15) is 0 Å². The third kappa shape index (κ3) is 2.67. The van der Waals surface area contributed by atoms with Crippen molar-refractivity contribution in [2.24, 2.45) is 0 Å². The lowest BCUT2D eigenvalue weighted by atomic mass is 10.3. The highest BCUT2D eigenvalue weighted by atomic mass is 35.5. The van der Waals surface area contributed by atoms with Gasteiger partial charge in [0.05, 0.1) is 10.6 Å². The summed E-state index contributed by atoms with van der Waals surface area (Å²) in [5.74, 6) is -0.101. The van der Waals surface area contributed by atoms with Crippen molar-refractivity contribution < 1.29 is 4.79 Å². The largest absolute Gasteiger partial charge is 0.270 e. The number of rotatable bonds is 2. The molecular formula is C14H8ClNOS3. The van der Waals surface area contributed by atoms with Crippen molar-refractivity contribution in [2.45, 2.75) is 0 Å². The Bertz CT molecular complexity index is 709. The van der Waals surface area contributed by atoms with Crippen molar-refractivity contribution in [3.05, 3.63) is 56.6 Å². The lowest BCUT2D eigenvalue weighted by molar-refractivity contribution is -0.113. The van der Waals surface area contributed by atoms with Crippen molar-refractivity contribution in [1.82, 2.24) is 0 Å². The van der Waals surface area contributed by atoms with Crippen LogP contribution in [-0.2, 0) is 4.79 Å². The van der Waals surface area contributed by atoms with E-state index in [1.807, 2.05) is 29.7 Å². The molecule has 0 radical (unpaired) electrons. The number of thiophene rings is 1. The molecule has 2 nitrogen and oxygen atoms in total. The molecule has 1 aromatic heterocycles. The summed E-state index contributed by atoms with van der Waals surface area (Å²) < 4.78 is 0.528. The Kier molecular flexibility index (Phi) is 3.94. The lowest BCUT2D eigenvalue weighted by Crippen LogP contribution is -2.27. The van der Waals surface area contributed by atoms with E-state index in [1.165, 1.54) is 16.7 Å². The van der Waals surface area contributed by atoms with Gasteiger partial charge in [-0.15, -0.1) is 11.3 Å². The van der Waals surface area contributed by atoms with Crippen molar-refractivity contribution in [3.63, 3.8) is 0 Å². The molecule has 1 aliphatic rings. The summed E-state index contributed by atoms with van der Waals surface area (Å²) in [6.07, 6.45) is 1.87. The quantitative estimate of drug-likeness (QED) is 0.579. The number of carbonyl (C=O) groups is 1. The fraction of sp³-hybridized carbons (Fsp3) is 0. The molecule has 0 atom stereocenters. The Morgan fingerprint density at radius 1 is 1.25 bits per heavy atom. The molecule has 6 heteroatoms. The minimum absolute atomic E-state index is 0.101. The minimum atomic E-state index is -0.101. The van der Waals surface area contributed by atoms with Crippen LogP contribution in [0.2, 0.25) is 5.02 Å². The third-order valence-corrected chi connectivity index (χ3v) is 5.03. The Morgan fingerprint density at radius 3 is 2.80 bits per heavy atom. The summed E-state index contributed by atoms with van der Waals surface area (Å²) in [6, 6.07) is 11.1. The van der Waals surface area contributed by atoms with Crippen LogP contribution in [0.25, 0.3) is 6.08 Å². The lowest BCUT2D eigenvalue weighted by Gasteiger charge is -2.14. The number of thiocarbonyl (C=S) groups is 1. The molecule has 0 N–H and O–H groups in total. The van der Waals surface area contributed by atoms with Gasteiger partial charge in [-0.05, 0) is 35.7 Å². The number of thioether (sulfide) groups is 1. The molecule has 0 unspecified atom stereocenters. The van der Waals surface area contributed by atoms with E-state index >= 15 is 0 Å². The molecular weight excluding hydrogens is 330 g/mol. The van der Waals surface area contributed by atoms with E-state index in [4.69, 9.17) is 23.8 Å². The van der Waals surface area contributed by atoms with E-state index in [0.717, 1.165) is 4.88 Å². The van der Waals surface area contributed by atoms with Gasteiger partial charge in [0.15, 0.2) is 4.32 Å². The van der Waals surface area contributed by atoms with Gasteiger partial charge in [0.2, 0.25) is 0 Å². The first-order valence-corrected chi connectivity index (χ1v) is 8.20. The van der Waals surface area contributed by atoms with E-state index < -0.39 is 0 Å². The van der Waals surface area contributed by atoms with Crippen molar-refractivity contribution in [3.8, 4) is 0 Å². The van der Waals surface area contributed by atoms with Crippen molar-refractivity contribution in [1.29, 1.82) is 0 Å². The first kappa shape index (κ1) is 13.8. The van der Waals surface area contributed by atoms with Crippen LogP contribution in [-0.4, -0.2) is 10.2 Å². The highest BCUT2D eigenvalue weighted by Crippen LogP contribution is 2.37. The van der Waals surface area contributed by atoms with Gasteiger partial charge in [-0.25, -0.2) is 0 Å². The van der Waals surface area contributed by atoms with Crippen LogP contribution < -0.4 is 4.90 Å². The zero-order chi connectivity index (χ0) is 14.1. The van der Waals surface area contributed by atoms with Crippen LogP contribution in [0.1, 0.15) is 4.88 Å². The first-order valence-electron chi connectivity index (χ1n) is 5.72. The molecule has 2 aromatic rings. The number of hydrogen-bond donors (Lipinski definition) is 0.